The molecule has 0 aromatic heterocycles. The maximum atomic E-state index is 12.3. The zero-order valence-electron chi connectivity index (χ0n) is 10.6. The number of carbonyl (C=O) groups is 1. The molecule has 0 atom stereocenters. The van der Waals surface area contributed by atoms with Gasteiger partial charge in [0.1, 0.15) is 0 Å². The largest absolute Gasteiger partial charge is 0.341 e. The van der Waals surface area contributed by atoms with Gasteiger partial charge in [-0.3, -0.25) is 4.79 Å². The topological polar surface area (TPSA) is 20.3 Å². The van der Waals surface area contributed by atoms with Crippen molar-refractivity contribution in [2.45, 2.75) is 20.8 Å². The molecule has 94 valence electrons. The minimum absolute atomic E-state index is 0.0605. The average Bonchev–Trinajstić information content (AvgIpc) is 2.18. The van der Waals surface area contributed by atoms with Crippen LogP contribution in [0.1, 0.15) is 31.1 Å². The lowest BCUT2D eigenvalue weighted by Gasteiger charge is -2.27. The van der Waals surface area contributed by atoms with Gasteiger partial charge in [0.25, 0.3) is 5.91 Å². The van der Waals surface area contributed by atoms with E-state index in [2.05, 4.69) is 59.3 Å². The molecule has 0 spiro atoms. The zero-order valence-corrected chi connectivity index (χ0v) is 14.3. The van der Waals surface area contributed by atoms with Crippen molar-refractivity contribution in [2.75, 3.05) is 13.6 Å². The van der Waals surface area contributed by atoms with Crippen LogP contribution in [0.5, 0.6) is 0 Å². The molecule has 0 heterocycles. The van der Waals surface area contributed by atoms with E-state index in [4.69, 9.17) is 0 Å². The van der Waals surface area contributed by atoms with E-state index in [1.54, 1.807) is 4.90 Å². The molecule has 1 amide bonds. The van der Waals surface area contributed by atoms with Crippen molar-refractivity contribution in [1.82, 2.24) is 4.90 Å². The van der Waals surface area contributed by atoms with Crippen molar-refractivity contribution in [3.8, 4) is 0 Å². The van der Waals surface area contributed by atoms with Crippen LogP contribution in [0.25, 0.3) is 0 Å². The zero-order chi connectivity index (χ0) is 13.2. The maximum absolute atomic E-state index is 12.3. The molecule has 0 unspecified atom stereocenters. The molecule has 1 aromatic carbocycles. The molecular formula is C13H17BrINO. The molecule has 0 radical (unpaired) electrons. The summed E-state index contributed by atoms with van der Waals surface area (Å²) in [6.45, 7) is 7.12. The Balaban J connectivity index is 2.93. The van der Waals surface area contributed by atoms with Gasteiger partial charge in [-0.25, -0.2) is 0 Å². The highest BCUT2D eigenvalue weighted by molar-refractivity contribution is 14.1. The lowest BCUT2D eigenvalue weighted by atomic mass is 9.96. The average molecular weight is 410 g/mol. The summed E-state index contributed by atoms with van der Waals surface area (Å²) in [6.07, 6.45) is 0. The first-order valence-corrected chi connectivity index (χ1v) is 7.28. The van der Waals surface area contributed by atoms with Crippen LogP contribution in [0.4, 0.5) is 0 Å². The summed E-state index contributed by atoms with van der Waals surface area (Å²) in [5, 5.41) is 0. The van der Waals surface area contributed by atoms with Crippen LogP contribution in [0.3, 0.4) is 0 Å². The summed E-state index contributed by atoms with van der Waals surface area (Å²) < 4.78 is 1.92. The van der Waals surface area contributed by atoms with Crippen molar-refractivity contribution in [3.05, 3.63) is 31.8 Å². The molecule has 0 fully saturated rings. The third-order valence-electron chi connectivity index (χ3n) is 2.22. The second-order valence-electron chi connectivity index (χ2n) is 5.35. The molecule has 0 N–H and O–H groups in total. The van der Waals surface area contributed by atoms with Crippen molar-refractivity contribution >= 4 is 44.4 Å². The van der Waals surface area contributed by atoms with Gasteiger partial charge in [0.2, 0.25) is 0 Å². The Morgan fingerprint density at radius 1 is 1.41 bits per heavy atom. The fourth-order valence-electron chi connectivity index (χ4n) is 1.65. The third kappa shape index (κ3) is 4.58. The van der Waals surface area contributed by atoms with E-state index in [9.17, 15) is 4.79 Å². The van der Waals surface area contributed by atoms with Crippen molar-refractivity contribution in [1.29, 1.82) is 0 Å². The van der Waals surface area contributed by atoms with Gasteiger partial charge in [-0.15, -0.1) is 0 Å². The van der Waals surface area contributed by atoms with E-state index in [0.29, 0.717) is 0 Å². The van der Waals surface area contributed by atoms with Gasteiger partial charge in [-0.05, 0) is 62.1 Å². The molecule has 0 aliphatic heterocycles. The van der Waals surface area contributed by atoms with Crippen molar-refractivity contribution < 1.29 is 4.79 Å². The van der Waals surface area contributed by atoms with E-state index < -0.39 is 0 Å². The van der Waals surface area contributed by atoms with Gasteiger partial charge in [-0.2, -0.15) is 0 Å². The monoisotopic (exact) mass is 409 g/mol. The van der Waals surface area contributed by atoms with E-state index in [1.165, 1.54) is 0 Å². The molecule has 0 bridgehead atoms. The van der Waals surface area contributed by atoms with Crippen LogP contribution in [0, 0.1) is 8.99 Å². The number of amides is 1. The predicted octanol–water partition coefficient (Wildman–Crippen LogP) is 4.17. The second kappa shape index (κ2) is 5.69. The summed E-state index contributed by atoms with van der Waals surface area (Å²) in [5.74, 6) is 0.0605. The second-order valence-corrected chi connectivity index (χ2v) is 7.45. The minimum atomic E-state index is 0.0605. The van der Waals surface area contributed by atoms with E-state index in [0.717, 1.165) is 20.2 Å². The fraction of sp³-hybridized carbons (Fsp3) is 0.462. The number of hydrogen-bond acceptors (Lipinski definition) is 1. The third-order valence-corrected chi connectivity index (χ3v) is 3.58. The molecule has 4 heteroatoms. The van der Waals surface area contributed by atoms with Gasteiger partial charge < -0.3 is 4.90 Å². The highest BCUT2D eigenvalue weighted by Gasteiger charge is 2.20. The molecule has 0 saturated carbocycles. The van der Waals surface area contributed by atoms with Crippen LogP contribution in [0.2, 0.25) is 0 Å². The normalized spacial score (nSPS) is 11.4. The smallest absolute Gasteiger partial charge is 0.254 e. The Hall–Kier alpha value is -0.100. The van der Waals surface area contributed by atoms with Gasteiger partial charge >= 0.3 is 0 Å². The van der Waals surface area contributed by atoms with Crippen LogP contribution >= 0.6 is 38.5 Å². The first kappa shape index (κ1) is 15.0. The Kier molecular flexibility index (Phi) is 5.01. The van der Waals surface area contributed by atoms with Crippen molar-refractivity contribution in [3.63, 3.8) is 0 Å². The summed E-state index contributed by atoms with van der Waals surface area (Å²) in [6, 6.07) is 5.80. The fourth-order valence-corrected chi connectivity index (χ4v) is 2.56. The maximum Gasteiger partial charge on any atom is 0.254 e. The van der Waals surface area contributed by atoms with Crippen LogP contribution in [-0.2, 0) is 0 Å². The summed E-state index contributed by atoms with van der Waals surface area (Å²) in [7, 11) is 1.85. The predicted molar refractivity (Wildman–Crippen MR) is 83.3 cm³/mol. The number of carbonyl (C=O) groups excluding carboxylic acids is 1. The quantitative estimate of drug-likeness (QED) is 0.671. The van der Waals surface area contributed by atoms with Gasteiger partial charge in [0.05, 0.1) is 5.56 Å². The lowest BCUT2D eigenvalue weighted by molar-refractivity contribution is 0.0744. The Labute approximate surface area is 125 Å². The number of nitrogens with zero attached hydrogens (tertiary/aromatic N) is 1. The van der Waals surface area contributed by atoms with Crippen LogP contribution < -0.4 is 0 Å². The number of hydrogen-bond donors (Lipinski definition) is 0. The summed E-state index contributed by atoms with van der Waals surface area (Å²) in [5.41, 5.74) is 0.836. The first-order valence-electron chi connectivity index (χ1n) is 5.41. The van der Waals surface area contributed by atoms with Crippen molar-refractivity contribution in [2.24, 2.45) is 5.41 Å². The molecular weight excluding hydrogens is 393 g/mol. The Morgan fingerprint density at radius 2 is 2.00 bits per heavy atom. The molecule has 0 aliphatic rings. The highest BCUT2D eigenvalue weighted by atomic mass is 127. The summed E-state index contributed by atoms with van der Waals surface area (Å²) in [4.78, 5) is 14.1. The number of benzene rings is 1. The molecule has 1 aromatic rings. The lowest BCUT2D eigenvalue weighted by Crippen LogP contribution is -2.34. The highest BCUT2D eigenvalue weighted by Crippen LogP contribution is 2.22. The van der Waals surface area contributed by atoms with E-state index in [-0.39, 0.29) is 11.3 Å². The Morgan fingerprint density at radius 3 is 2.53 bits per heavy atom. The first-order chi connectivity index (χ1) is 7.70. The molecule has 2 nitrogen and oxygen atoms in total. The van der Waals surface area contributed by atoms with E-state index >= 15 is 0 Å². The molecule has 1 rings (SSSR count). The minimum Gasteiger partial charge on any atom is -0.341 e. The van der Waals surface area contributed by atoms with Gasteiger partial charge in [-0.1, -0.05) is 20.8 Å². The number of rotatable bonds is 2. The van der Waals surface area contributed by atoms with Crippen LogP contribution in [0.15, 0.2) is 22.7 Å². The molecule has 0 saturated heterocycles. The standard InChI is InChI=1S/C13H17BrINO/c1-13(2,3)8-16(4)12(17)10-7-9(15)5-6-11(10)14/h5-7H,8H2,1-4H3. The summed E-state index contributed by atoms with van der Waals surface area (Å²) >= 11 is 5.64. The van der Waals surface area contributed by atoms with Crippen LogP contribution in [-0.4, -0.2) is 24.4 Å². The Bertz CT molecular complexity index is 426. The molecule has 0 aliphatic carbocycles. The van der Waals surface area contributed by atoms with Gasteiger partial charge in [0, 0.05) is 21.6 Å². The SMILES string of the molecule is CN(CC(C)(C)C)C(=O)c1cc(I)ccc1Br. The van der Waals surface area contributed by atoms with E-state index in [1.807, 2.05) is 25.2 Å². The molecule has 17 heavy (non-hydrogen) atoms. The number of halogens is 2. The van der Waals surface area contributed by atoms with Gasteiger partial charge in [0.15, 0.2) is 0 Å².